The fourth-order valence-corrected chi connectivity index (χ4v) is 3.97. The van der Waals surface area contributed by atoms with E-state index in [2.05, 4.69) is 0 Å². The maximum atomic E-state index is 13.7. The molecule has 1 atom stereocenters. The third-order valence-electron chi connectivity index (χ3n) is 5.92. The summed E-state index contributed by atoms with van der Waals surface area (Å²) < 4.78 is 17.5. The average Bonchev–Trinajstić information content (AvgIpc) is 2.73. The van der Waals surface area contributed by atoms with Crippen LogP contribution in [-0.2, 0) is 11.2 Å². The number of benzene rings is 2. The highest BCUT2D eigenvalue weighted by Crippen LogP contribution is 2.38. The number of ketones is 1. The lowest BCUT2D eigenvalue weighted by Gasteiger charge is -2.25. The SMILES string of the molecule is COc1ccc(CC(O)C(C)(C)O)c2oc3cc(C)c4c(c3c(=O)c12)C=C(C(C)=O)CO4. The van der Waals surface area contributed by atoms with Crippen molar-refractivity contribution in [3.63, 3.8) is 0 Å². The molecular weight excluding hydrogens is 412 g/mol. The second-order valence-corrected chi connectivity index (χ2v) is 8.76. The van der Waals surface area contributed by atoms with Crippen molar-refractivity contribution in [2.24, 2.45) is 0 Å². The number of hydrogen-bond donors (Lipinski definition) is 2. The number of aliphatic hydroxyl groups excluding tert-OH is 1. The molecule has 32 heavy (non-hydrogen) atoms. The number of aryl methyl sites for hydroxylation is 1. The molecule has 3 aromatic rings. The van der Waals surface area contributed by atoms with Gasteiger partial charge in [0.2, 0.25) is 5.43 Å². The minimum atomic E-state index is -1.33. The van der Waals surface area contributed by atoms with Gasteiger partial charge in [-0.2, -0.15) is 0 Å². The maximum Gasteiger partial charge on any atom is 0.205 e. The van der Waals surface area contributed by atoms with E-state index in [1.165, 1.54) is 27.9 Å². The Morgan fingerprint density at radius 1 is 1.28 bits per heavy atom. The number of fused-ring (bicyclic) bond motifs is 4. The first kappa shape index (κ1) is 22.0. The minimum absolute atomic E-state index is 0.0832. The molecule has 4 rings (SSSR count). The third-order valence-corrected chi connectivity index (χ3v) is 5.92. The summed E-state index contributed by atoms with van der Waals surface area (Å²) in [4.78, 5) is 25.7. The third kappa shape index (κ3) is 3.57. The summed E-state index contributed by atoms with van der Waals surface area (Å²) in [7, 11) is 1.46. The first-order valence-electron chi connectivity index (χ1n) is 10.4. The predicted molar refractivity (Wildman–Crippen MR) is 121 cm³/mol. The number of carbonyl (C=O) groups is 1. The van der Waals surface area contributed by atoms with Crippen molar-refractivity contribution in [1.82, 2.24) is 0 Å². The molecule has 1 unspecified atom stereocenters. The Kier molecular flexibility index (Phi) is 5.35. The zero-order valence-corrected chi connectivity index (χ0v) is 18.7. The molecule has 0 saturated carbocycles. The molecule has 0 spiro atoms. The Bertz CT molecular complexity index is 1340. The van der Waals surface area contributed by atoms with Crippen LogP contribution in [0.25, 0.3) is 28.0 Å². The lowest BCUT2D eigenvalue weighted by molar-refractivity contribution is -0.113. The summed E-state index contributed by atoms with van der Waals surface area (Å²) in [6, 6.07) is 5.09. The van der Waals surface area contributed by atoms with E-state index in [1.54, 1.807) is 24.3 Å². The molecule has 2 N–H and O–H groups in total. The highest BCUT2D eigenvalue weighted by Gasteiger charge is 2.28. The second kappa shape index (κ2) is 7.76. The molecule has 7 heteroatoms. The highest BCUT2D eigenvalue weighted by molar-refractivity contribution is 6.05. The molecule has 0 amide bonds. The Morgan fingerprint density at radius 2 is 2.00 bits per heavy atom. The van der Waals surface area contributed by atoms with Crippen molar-refractivity contribution in [2.75, 3.05) is 13.7 Å². The quantitative estimate of drug-likeness (QED) is 0.589. The van der Waals surface area contributed by atoms with Crippen LogP contribution in [0.2, 0.25) is 0 Å². The molecule has 0 radical (unpaired) electrons. The summed E-state index contributed by atoms with van der Waals surface area (Å²) in [5.74, 6) is 0.747. The van der Waals surface area contributed by atoms with Crippen molar-refractivity contribution >= 4 is 33.8 Å². The van der Waals surface area contributed by atoms with E-state index in [4.69, 9.17) is 13.9 Å². The van der Waals surface area contributed by atoms with Gasteiger partial charge in [0.15, 0.2) is 5.78 Å². The van der Waals surface area contributed by atoms with Crippen LogP contribution in [0.1, 0.15) is 37.5 Å². The van der Waals surface area contributed by atoms with Crippen LogP contribution in [-0.4, -0.2) is 41.4 Å². The molecule has 2 heterocycles. The van der Waals surface area contributed by atoms with E-state index in [0.29, 0.717) is 39.2 Å². The first-order chi connectivity index (χ1) is 15.0. The van der Waals surface area contributed by atoms with Gasteiger partial charge in [-0.05, 0) is 57.0 Å². The van der Waals surface area contributed by atoms with E-state index in [1.807, 2.05) is 6.92 Å². The van der Waals surface area contributed by atoms with E-state index in [9.17, 15) is 19.8 Å². The largest absolute Gasteiger partial charge is 0.496 e. The minimum Gasteiger partial charge on any atom is -0.496 e. The number of hydrogen-bond acceptors (Lipinski definition) is 7. The lowest BCUT2D eigenvalue weighted by Crippen LogP contribution is -2.37. The number of aliphatic hydroxyl groups is 2. The Morgan fingerprint density at radius 3 is 2.62 bits per heavy atom. The van der Waals surface area contributed by atoms with Crippen LogP contribution >= 0.6 is 0 Å². The average molecular weight is 438 g/mol. The van der Waals surface area contributed by atoms with Crippen LogP contribution in [0.4, 0.5) is 0 Å². The normalized spacial score (nSPS) is 14.7. The zero-order valence-electron chi connectivity index (χ0n) is 18.7. The Balaban J connectivity index is 2.08. The van der Waals surface area contributed by atoms with Gasteiger partial charge in [-0.1, -0.05) is 6.07 Å². The molecule has 1 aliphatic heterocycles. The van der Waals surface area contributed by atoms with Gasteiger partial charge >= 0.3 is 0 Å². The van der Waals surface area contributed by atoms with Crippen LogP contribution in [0.5, 0.6) is 11.5 Å². The van der Waals surface area contributed by atoms with Crippen LogP contribution < -0.4 is 14.9 Å². The smallest absolute Gasteiger partial charge is 0.205 e. The van der Waals surface area contributed by atoms with Crippen molar-refractivity contribution in [3.8, 4) is 11.5 Å². The number of methoxy groups -OCH3 is 1. The molecule has 7 nitrogen and oxygen atoms in total. The van der Waals surface area contributed by atoms with Crippen LogP contribution in [0, 0.1) is 6.92 Å². The monoisotopic (exact) mass is 438 g/mol. The van der Waals surface area contributed by atoms with Crippen molar-refractivity contribution in [3.05, 3.63) is 50.7 Å². The number of carbonyl (C=O) groups excluding carboxylic acids is 1. The van der Waals surface area contributed by atoms with Crippen molar-refractivity contribution in [1.29, 1.82) is 0 Å². The summed E-state index contributed by atoms with van der Waals surface area (Å²) in [6.07, 6.45) is 0.702. The number of rotatable bonds is 5. The number of Topliss-reactive ketones (excluding diaryl/α,β-unsaturated/α-hetero) is 1. The summed E-state index contributed by atoms with van der Waals surface area (Å²) >= 11 is 0. The molecule has 168 valence electrons. The molecular formula is C25H26O7. The lowest BCUT2D eigenvalue weighted by atomic mass is 9.93. The molecule has 0 aliphatic carbocycles. The summed E-state index contributed by atoms with van der Waals surface area (Å²) in [6.45, 7) is 6.49. The summed E-state index contributed by atoms with van der Waals surface area (Å²) in [5, 5.41) is 21.1. The number of ether oxygens (including phenoxy) is 2. The first-order valence-corrected chi connectivity index (χ1v) is 10.4. The summed E-state index contributed by atoms with van der Waals surface area (Å²) in [5.41, 5.74) is 1.31. The molecule has 0 bridgehead atoms. The zero-order chi connectivity index (χ0) is 23.4. The molecule has 1 aliphatic rings. The van der Waals surface area contributed by atoms with Gasteiger partial charge in [0, 0.05) is 17.6 Å². The van der Waals surface area contributed by atoms with Crippen LogP contribution in [0.15, 0.2) is 33.0 Å². The van der Waals surface area contributed by atoms with E-state index in [0.717, 1.165) is 5.56 Å². The van der Waals surface area contributed by atoms with Crippen molar-refractivity contribution < 1.29 is 28.9 Å². The van der Waals surface area contributed by atoms with Gasteiger partial charge < -0.3 is 24.1 Å². The van der Waals surface area contributed by atoms with E-state index < -0.39 is 11.7 Å². The standard InChI is InChI=1S/C25H26O7/c1-12-8-18-20(16-9-15(13(2)26)11-31-23(12)16)22(28)21-17(30-5)7-6-14(24(21)32-18)10-19(27)25(3,4)29/h6-9,19,27,29H,10-11H2,1-5H3. The van der Waals surface area contributed by atoms with Crippen LogP contribution in [0.3, 0.4) is 0 Å². The Hall–Kier alpha value is -3.16. The highest BCUT2D eigenvalue weighted by atomic mass is 16.5. The van der Waals surface area contributed by atoms with Gasteiger partial charge in [0.05, 0.1) is 24.2 Å². The molecule has 2 aromatic carbocycles. The topological polar surface area (TPSA) is 106 Å². The fraction of sp³-hybridized carbons (Fsp3) is 0.360. The predicted octanol–water partition coefficient (Wildman–Crippen LogP) is 3.30. The van der Waals surface area contributed by atoms with E-state index >= 15 is 0 Å². The van der Waals surface area contributed by atoms with Gasteiger partial charge in [-0.15, -0.1) is 0 Å². The fourth-order valence-electron chi connectivity index (χ4n) is 3.97. The Labute approximate surface area is 184 Å². The van der Waals surface area contributed by atoms with Gasteiger partial charge in [0.1, 0.15) is 34.7 Å². The second-order valence-electron chi connectivity index (χ2n) is 8.76. The molecule has 1 aromatic heterocycles. The van der Waals surface area contributed by atoms with E-state index in [-0.39, 0.29) is 35.2 Å². The maximum absolute atomic E-state index is 13.7. The van der Waals surface area contributed by atoms with Gasteiger partial charge in [-0.3, -0.25) is 9.59 Å². The molecule has 0 saturated heterocycles. The van der Waals surface area contributed by atoms with Gasteiger partial charge in [0.25, 0.3) is 0 Å². The molecule has 0 fully saturated rings. The van der Waals surface area contributed by atoms with Gasteiger partial charge in [-0.25, -0.2) is 0 Å². The van der Waals surface area contributed by atoms with Crippen molar-refractivity contribution in [2.45, 2.75) is 45.8 Å².